The molecule has 3 unspecified atom stereocenters. The van der Waals surface area contributed by atoms with E-state index in [0.717, 1.165) is 29.0 Å². The van der Waals surface area contributed by atoms with Crippen LogP contribution in [-0.4, -0.2) is 5.16 Å². The van der Waals surface area contributed by atoms with Crippen molar-refractivity contribution in [3.8, 4) is 0 Å². The molecule has 3 heteroatoms. The van der Waals surface area contributed by atoms with Gasteiger partial charge in [-0.15, -0.1) is 0 Å². The Morgan fingerprint density at radius 2 is 1.90 bits per heavy atom. The summed E-state index contributed by atoms with van der Waals surface area (Å²) in [5.41, 5.74) is 4.83. The third-order valence-electron chi connectivity index (χ3n) is 9.07. The first-order valence-corrected chi connectivity index (χ1v) is 11.2. The van der Waals surface area contributed by atoms with Gasteiger partial charge in [0.15, 0.2) is 5.76 Å². The summed E-state index contributed by atoms with van der Waals surface area (Å²) in [5.74, 6) is 3.45. The van der Waals surface area contributed by atoms with Gasteiger partial charge in [0.2, 0.25) is 0 Å². The van der Waals surface area contributed by atoms with Crippen molar-refractivity contribution < 1.29 is 37.2 Å². The second-order valence-corrected chi connectivity index (χ2v) is 10.1. The molecule has 0 amide bonds. The summed E-state index contributed by atoms with van der Waals surface area (Å²) < 4.78 is 5.92. The molecule has 0 bridgehead atoms. The topological polar surface area (TPSA) is 26.0 Å². The van der Waals surface area contributed by atoms with Crippen molar-refractivity contribution in [2.24, 2.45) is 28.6 Å². The van der Waals surface area contributed by atoms with Crippen LogP contribution in [0, 0.1) is 35.0 Å². The summed E-state index contributed by atoms with van der Waals surface area (Å²) in [7, 11) is 0. The first-order valence-electron chi connectivity index (χ1n) is 11.2. The van der Waals surface area contributed by atoms with E-state index < -0.39 is 0 Å². The predicted octanol–water partition coefficient (Wildman–Crippen LogP) is 6.99. The van der Waals surface area contributed by atoms with Crippen LogP contribution >= 0.6 is 0 Å². The Labute approximate surface area is 199 Å². The molecule has 5 atom stereocenters. The third-order valence-corrected chi connectivity index (χ3v) is 9.07. The first-order chi connectivity index (χ1) is 13.6. The Bertz CT molecular complexity index is 1000. The van der Waals surface area contributed by atoms with Crippen LogP contribution in [0.2, 0.25) is 0 Å². The zero-order valence-corrected chi connectivity index (χ0v) is 20.5. The normalized spacial score (nSPS) is 38.3. The van der Waals surface area contributed by atoms with E-state index in [1.54, 1.807) is 5.57 Å². The minimum Gasteiger partial charge on any atom is -0.355 e. The minimum absolute atomic E-state index is 0. The van der Waals surface area contributed by atoms with E-state index in [1.807, 2.05) is 6.07 Å². The molecular weight excluding hydrogens is 431 g/mol. The molecule has 1 heterocycles. The maximum absolute atomic E-state index is 5.92. The quantitative estimate of drug-likeness (QED) is 0.338. The van der Waals surface area contributed by atoms with E-state index in [-0.39, 0.29) is 38.1 Å². The van der Waals surface area contributed by atoms with E-state index >= 15 is 0 Å². The van der Waals surface area contributed by atoms with Crippen LogP contribution in [0.3, 0.4) is 0 Å². The van der Waals surface area contributed by atoms with E-state index in [2.05, 4.69) is 55.8 Å². The Morgan fingerprint density at radius 1 is 1.03 bits per heavy atom. The Balaban J connectivity index is 0.00000181. The Morgan fingerprint density at radius 3 is 2.79 bits per heavy atom. The number of hydrogen-bond donors (Lipinski definition) is 0. The molecule has 1 radical (unpaired) electrons. The SMILES string of the molecule is C[C@]12CC[CH-]CC1=CCC1C2CC[C@]2(C)C(c3onc4ccccc34)=CCC12.[Y]. The number of nitrogens with zero attached hydrogens (tertiary/aromatic N) is 1. The van der Waals surface area contributed by atoms with Crippen LogP contribution in [0.25, 0.3) is 16.5 Å². The van der Waals surface area contributed by atoms with E-state index in [1.165, 1.54) is 55.9 Å². The molecule has 2 fully saturated rings. The van der Waals surface area contributed by atoms with Crippen LogP contribution in [0.15, 0.2) is 46.5 Å². The van der Waals surface area contributed by atoms with Crippen molar-refractivity contribution in [3.05, 3.63) is 54.2 Å². The van der Waals surface area contributed by atoms with Crippen molar-refractivity contribution in [1.29, 1.82) is 0 Å². The molecule has 0 spiro atoms. The van der Waals surface area contributed by atoms with Crippen molar-refractivity contribution >= 4 is 16.5 Å². The fraction of sp³-hybridized carbons (Fsp3) is 0.538. The Hall–Kier alpha value is -0.726. The third kappa shape index (κ3) is 2.77. The molecule has 29 heavy (non-hydrogen) atoms. The molecule has 6 rings (SSSR count). The largest absolute Gasteiger partial charge is 0.355 e. The standard InChI is InChI=1S/C26H30NO.Y/c1-25-15-6-5-7-17(25)10-11-18-20-12-13-22(26(20,2)16-14-21(18)25)24-19-8-3-4-9-23(19)27-28-24;/h3-5,8-10,13,18,20-21H,6-7,11-12,14-16H2,1-2H3;/q-1;/t18?,20?,21?,25-,26-;/m0./s1. The van der Waals surface area contributed by atoms with E-state index in [0.29, 0.717) is 5.41 Å². The van der Waals surface area contributed by atoms with E-state index in [4.69, 9.17) is 4.52 Å². The average molecular weight is 461 g/mol. The maximum atomic E-state index is 5.92. The molecule has 2 aromatic rings. The van der Waals surface area contributed by atoms with Crippen molar-refractivity contribution in [3.63, 3.8) is 0 Å². The molecule has 149 valence electrons. The van der Waals surface area contributed by atoms with Gasteiger partial charge in [-0.05, 0) is 66.4 Å². The fourth-order valence-corrected chi connectivity index (χ4v) is 7.48. The number of fused-ring (bicyclic) bond motifs is 6. The second-order valence-electron chi connectivity index (χ2n) is 10.1. The van der Waals surface area contributed by atoms with Crippen LogP contribution in [0.1, 0.15) is 64.6 Å². The predicted molar refractivity (Wildman–Crippen MR) is 113 cm³/mol. The first kappa shape index (κ1) is 20.2. The fourth-order valence-electron chi connectivity index (χ4n) is 7.48. The van der Waals surface area contributed by atoms with Crippen LogP contribution in [0.4, 0.5) is 0 Å². The van der Waals surface area contributed by atoms with Gasteiger partial charge in [0.05, 0.1) is 0 Å². The van der Waals surface area contributed by atoms with Crippen LogP contribution < -0.4 is 0 Å². The van der Waals surface area contributed by atoms with Gasteiger partial charge in [0.1, 0.15) is 5.52 Å². The Kier molecular flexibility index (Phi) is 4.99. The average Bonchev–Trinajstić information content (AvgIpc) is 3.28. The monoisotopic (exact) mass is 461 g/mol. The van der Waals surface area contributed by atoms with Gasteiger partial charge in [-0.3, -0.25) is 0 Å². The van der Waals surface area contributed by atoms with E-state index in [9.17, 15) is 0 Å². The maximum Gasteiger partial charge on any atom is 0.170 e. The summed E-state index contributed by atoms with van der Waals surface area (Å²) >= 11 is 0. The molecule has 1 aromatic heterocycles. The molecule has 0 aliphatic heterocycles. The van der Waals surface area contributed by atoms with Gasteiger partial charge in [0.25, 0.3) is 0 Å². The van der Waals surface area contributed by atoms with Gasteiger partial charge >= 0.3 is 0 Å². The number of rotatable bonds is 1. The molecule has 2 nitrogen and oxygen atoms in total. The summed E-state index contributed by atoms with van der Waals surface area (Å²) in [6.07, 6.45) is 16.6. The van der Waals surface area contributed by atoms with Gasteiger partial charge < -0.3 is 10.9 Å². The summed E-state index contributed by atoms with van der Waals surface area (Å²) in [5, 5.41) is 5.53. The zero-order valence-electron chi connectivity index (χ0n) is 17.7. The molecule has 4 aliphatic carbocycles. The zero-order chi connectivity index (χ0) is 18.9. The molecular formula is C26H30NOY-. The van der Waals surface area contributed by atoms with Crippen molar-refractivity contribution in [1.82, 2.24) is 5.16 Å². The van der Waals surface area contributed by atoms with Crippen molar-refractivity contribution in [2.45, 2.75) is 58.8 Å². The molecule has 0 N–H and O–H groups in total. The number of hydrogen-bond acceptors (Lipinski definition) is 2. The molecule has 1 aromatic carbocycles. The summed E-state index contributed by atoms with van der Waals surface area (Å²) in [6.45, 7) is 5.10. The van der Waals surface area contributed by atoms with Crippen molar-refractivity contribution in [2.75, 3.05) is 0 Å². The summed E-state index contributed by atoms with van der Waals surface area (Å²) in [6, 6.07) is 8.37. The van der Waals surface area contributed by atoms with Crippen LogP contribution in [0.5, 0.6) is 0 Å². The van der Waals surface area contributed by atoms with Gasteiger partial charge in [-0.2, -0.15) is 12.8 Å². The minimum atomic E-state index is 0. The molecule has 0 saturated heterocycles. The smallest absolute Gasteiger partial charge is 0.170 e. The van der Waals surface area contributed by atoms with Crippen LogP contribution in [-0.2, 0) is 32.7 Å². The molecule has 2 saturated carbocycles. The second kappa shape index (κ2) is 7.16. The van der Waals surface area contributed by atoms with Gasteiger partial charge in [0, 0.05) is 43.7 Å². The number of aromatic nitrogens is 1. The number of benzene rings is 1. The molecule has 4 aliphatic rings. The van der Waals surface area contributed by atoms with Gasteiger partial charge in [-0.1, -0.05) is 55.3 Å². The van der Waals surface area contributed by atoms with Gasteiger partial charge in [-0.25, -0.2) is 0 Å². The number of allylic oxidation sites excluding steroid dienone is 4. The summed E-state index contributed by atoms with van der Waals surface area (Å²) in [4.78, 5) is 0.